The second-order valence-corrected chi connectivity index (χ2v) is 7.85. The summed E-state index contributed by atoms with van der Waals surface area (Å²) < 4.78 is 10.7. The maximum atomic E-state index is 13.2. The minimum absolute atomic E-state index is 0.0382. The molecule has 2 aromatic rings. The first-order valence-corrected chi connectivity index (χ1v) is 10.3. The Morgan fingerprint density at radius 2 is 1.76 bits per heavy atom. The van der Waals surface area contributed by atoms with Gasteiger partial charge in [-0.15, -0.1) is 0 Å². The molecule has 0 bridgehead atoms. The molecular weight excluding hydrogens is 394 g/mol. The molecule has 7 nitrogen and oxygen atoms in total. The number of aryl methyl sites for hydroxylation is 1. The summed E-state index contributed by atoms with van der Waals surface area (Å²) in [5.74, 6) is 0.481. The van der Waals surface area contributed by atoms with Gasteiger partial charge in [0.05, 0.1) is 18.2 Å². The summed E-state index contributed by atoms with van der Waals surface area (Å²) in [5, 5.41) is 4.61. The van der Waals surface area contributed by atoms with Crippen LogP contribution in [0, 0.1) is 12.8 Å². The van der Waals surface area contributed by atoms with E-state index in [0.717, 1.165) is 0 Å². The van der Waals surface area contributed by atoms with Crippen LogP contribution >= 0.6 is 11.6 Å². The molecule has 2 saturated heterocycles. The van der Waals surface area contributed by atoms with Crippen molar-refractivity contribution in [3.63, 3.8) is 0 Å². The Bertz CT molecular complexity index is 899. The fourth-order valence-corrected chi connectivity index (χ4v) is 4.22. The molecule has 0 spiro atoms. The number of amides is 2. The molecule has 0 atom stereocenters. The molecule has 3 heterocycles. The largest absolute Gasteiger partial charge is 0.378 e. The van der Waals surface area contributed by atoms with Crippen LogP contribution in [-0.4, -0.2) is 66.2 Å². The highest BCUT2D eigenvalue weighted by molar-refractivity contribution is 6.33. The van der Waals surface area contributed by atoms with Crippen LogP contribution in [0.1, 0.15) is 29.0 Å². The fourth-order valence-electron chi connectivity index (χ4n) is 3.99. The number of nitrogens with zero attached hydrogens (tertiary/aromatic N) is 3. The maximum Gasteiger partial charge on any atom is 0.259 e. The minimum atomic E-state index is -0.129. The molecule has 1 aromatic carbocycles. The molecule has 0 unspecified atom stereocenters. The lowest BCUT2D eigenvalue weighted by Gasteiger charge is -2.35. The third-order valence-corrected chi connectivity index (χ3v) is 5.99. The van der Waals surface area contributed by atoms with Crippen molar-refractivity contribution in [2.24, 2.45) is 5.92 Å². The van der Waals surface area contributed by atoms with Gasteiger partial charge in [-0.1, -0.05) is 35.0 Å². The normalized spacial score (nSPS) is 18.1. The summed E-state index contributed by atoms with van der Waals surface area (Å²) in [6.45, 7) is 5.30. The molecule has 0 radical (unpaired) electrons. The van der Waals surface area contributed by atoms with E-state index in [4.69, 9.17) is 20.9 Å². The Hall–Kier alpha value is -2.38. The number of hydrogen-bond acceptors (Lipinski definition) is 5. The molecule has 29 heavy (non-hydrogen) atoms. The number of likely N-dealkylation sites (tertiary alicyclic amines) is 1. The van der Waals surface area contributed by atoms with Gasteiger partial charge >= 0.3 is 0 Å². The lowest BCUT2D eigenvalue weighted by Crippen LogP contribution is -2.47. The standard InChI is InChI=1S/C21H24ClN3O4/c1-14-18(19(23-29-14)16-4-2-3-5-17(16)22)21(27)24-8-6-15(7-9-24)20(26)25-10-12-28-13-11-25/h2-5,15H,6-13H2,1H3. The van der Waals surface area contributed by atoms with Crippen molar-refractivity contribution < 1.29 is 18.8 Å². The van der Waals surface area contributed by atoms with Gasteiger partial charge < -0.3 is 19.1 Å². The number of halogens is 1. The number of morpholine rings is 1. The number of hydrogen-bond donors (Lipinski definition) is 0. The minimum Gasteiger partial charge on any atom is -0.378 e. The van der Waals surface area contributed by atoms with Gasteiger partial charge in [0.2, 0.25) is 5.91 Å². The molecule has 8 heteroatoms. The van der Waals surface area contributed by atoms with Crippen LogP contribution in [0.15, 0.2) is 28.8 Å². The predicted molar refractivity (Wildman–Crippen MR) is 108 cm³/mol. The number of carbonyl (C=O) groups excluding carboxylic acids is 2. The van der Waals surface area contributed by atoms with Gasteiger partial charge in [-0.25, -0.2) is 0 Å². The van der Waals surface area contributed by atoms with Crippen molar-refractivity contribution in [1.82, 2.24) is 15.0 Å². The molecule has 0 N–H and O–H groups in total. The van der Waals surface area contributed by atoms with E-state index in [1.54, 1.807) is 17.9 Å². The third-order valence-electron chi connectivity index (χ3n) is 5.66. The van der Waals surface area contributed by atoms with Gasteiger partial charge in [0.1, 0.15) is 17.0 Å². The third kappa shape index (κ3) is 4.02. The Morgan fingerprint density at radius 3 is 2.45 bits per heavy atom. The Kier molecular flexibility index (Phi) is 5.87. The lowest BCUT2D eigenvalue weighted by molar-refractivity contribution is -0.141. The smallest absolute Gasteiger partial charge is 0.259 e. The van der Waals surface area contributed by atoms with Crippen molar-refractivity contribution in [2.45, 2.75) is 19.8 Å². The molecular formula is C21H24ClN3O4. The zero-order valence-electron chi connectivity index (χ0n) is 16.4. The van der Waals surface area contributed by atoms with Gasteiger partial charge in [0.25, 0.3) is 5.91 Å². The molecule has 4 rings (SSSR count). The summed E-state index contributed by atoms with van der Waals surface area (Å²) in [6, 6.07) is 7.26. The summed E-state index contributed by atoms with van der Waals surface area (Å²) in [6.07, 6.45) is 1.32. The van der Waals surface area contributed by atoms with Crippen LogP contribution in [0.25, 0.3) is 11.3 Å². The molecule has 2 aliphatic rings. The van der Waals surface area contributed by atoms with E-state index in [-0.39, 0.29) is 17.7 Å². The Labute approximate surface area is 174 Å². The highest BCUT2D eigenvalue weighted by Gasteiger charge is 2.33. The molecule has 1 aromatic heterocycles. The highest BCUT2D eigenvalue weighted by atomic mass is 35.5. The van der Waals surface area contributed by atoms with E-state index in [0.29, 0.717) is 79.8 Å². The van der Waals surface area contributed by atoms with E-state index in [1.165, 1.54) is 0 Å². The van der Waals surface area contributed by atoms with Crippen LogP contribution in [-0.2, 0) is 9.53 Å². The first kappa shape index (κ1) is 19.9. The van der Waals surface area contributed by atoms with Crippen molar-refractivity contribution in [3.8, 4) is 11.3 Å². The topological polar surface area (TPSA) is 75.9 Å². The average molecular weight is 418 g/mol. The average Bonchev–Trinajstić information content (AvgIpc) is 3.15. The van der Waals surface area contributed by atoms with Crippen LogP contribution < -0.4 is 0 Å². The van der Waals surface area contributed by atoms with Crippen molar-refractivity contribution in [3.05, 3.63) is 40.6 Å². The highest BCUT2D eigenvalue weighted by Crippen LogP contribution is 2.32. The van der Waals surface area contributed by atoms with E-state index in [2.05, 4.69) is 5.16 Å². The summed E-state index contributed by atoms with van der Waals surface area (Å²) >= 11 is 6.30. The summed E-state index contributed by atoms with van der Waals surface area (Å²) in [5.41, 5.74) is 1.58. The van der Waals surface area contributed by atoms with Crippen molar-refractivity contribution in [2.75, 3.05) is 39.4 Å². The quantitative estimate of drug-likeness (QED) is 0.767. The summed E-state index contributed by atoms with van der Waals surface area (Å²) in [4.78, 5) is 29.6. The number of benzene rings is 1. The van der Waals surface area contributed by atoms with Gasteiger partial charge in [0, 0.05) is 37.7 Å². The molecule has 2 amide bonds. The molecule has 0 aliphatic carbocycles. The number of piperidine rings is 1. The van der Waals surface area contributed by atoms with E-state index in [9.17, 15) is 9.59 Å². The van der Waals surface area contributed by atoms with Crippen LogP contribution in [0.2, 0.25) is 5.02 Å². The Morgan fingerprint density at radius 1 is 1.07 bits per heavy atom. The monoisotopic (exact) mass is 417 g/mol. The maximum absolute atomic E-state index is 13.2. The predicted octanol–water partition coefficient (Wildman–Crippen LogP) is 3.01. The zero-order valence-corrected chi connectivity index (χ0v) is 17.2. The van der Waals surface area contributed by atoms with Crippen LogP contribution in [0.5, 0.6) is 0 Å². The number of rotatable bonds is 3. The van der Waals surface area contributed by atoms with E-state index in [1.807, 2.05) is 23.1 Å². The zero-order chi connectivity index (χ0) is 20.4. The summed E-state index contributed by atoms with van der Waals surface area (Å²) in [7, 11) is 0. The van der Waals surface area contributed by atoms with E-state index < -0.39 is 0 Å². The Balaban J connectivity index is 1.46. The van der Waals surface area contributed by atoms with Gasteiger partial charge in [-0.05, 0) is 25.8 Å². The van der Waals surface area contributed by atoms with Crippen LogP contribution in [0.3, 0.4) is 0 Å². The second kappa shape index (κ2) is 8.55. The number of aromatic nitrogens is 1. The molecule has 154 valence electrons. The van der Waals surface area contributed by atoms with Crippen molar-refractivity contribution in [1.29, 1.82) is 0 Å². The van der Waals surface area contributed by atoms with Gasteiger partial charge in [-0.2, -0.15) is 0 Å². The molecule has 2 aliphatic heterocycles. The van der Waals surface area contributed by atoms with Crippen LogP contribution in [0.4, 0.5) is 0 Å². The van der Waals surface area contributed by atoms with E-state index >= 15 is 0 Å². The van der Waals surface area contributed by atoms with Crippen molar-refractivity contribution >= 4 is 23.4 Å². The SMILES string of the molecule is Cc1onc(-c2ccccc2Cl)c1C(=O)N1CCC(C(=O)N2CCOCC2)CC1. The fraction of sp³-hybridized carbons (Fsp3) is 0.476. The lowest BCUT2D eigenvalue weighted by atomic mass is 9.94. The molecule has 0 saturated carbocycles. The number of carbonyl (C=O) groups is 2. The van der Waals surface area contributed by atoms with Gasteiger partial charge in [-0.3, -0.25) is 9.59 Å². The molecule has 2 fully saturated rings. The second-order valence-electron chi connectivity index (χ2n) is 7.45. The first-order valence-electron chi connectivity index (χ1n) is 9.93. The van der Waals surface area contributed by atoms with Gasteiger partial charge in [0.15, 0.2) is 0 Å². The first-order chi connectivity index (χ1) is 14.1. The number of ether oxygens (including phenoxy) is 1.